The van der Waals surface area contributed by atoms with E-state index in [4.69, 9.17) is 5.11 Å². The number of carbonyl (C=O) groups excluding carboxylic acids is 2. The molecule has 0 saturated carbocycles. The summed E-state index contributed by atoms with van der Waals surface area (Å²) in [6.45, 7) is 0.984. The maximum Gasteiger partial charge on any atom is 0.411 e. The van der Waals surface area contributed by atoms with E-state index in [9.17, 15) is 14.4 Å². The van der Waals surface area contributed by atoms with Crippen molar-refractivity contribution in [2.75, 3.05) is 0 Å². The Morgan fingerprint density at radius 2 is 1.78 bits per heavy atom. The predicted molar refractivity (Wildman–Crippen MR) is 26.8 cm³/mol. The van der Waals surface area contributed by atoms with Crippen LogP contribution in [0.15, 0.2) is 0 Å². The second-order valence-electron chi connectivity index (χ2n) is 1.32. The SMILES string of the molecule is CC(=O)C(=O)NC(=O)O. The second-order valence-corrected chi connectivity index (χ2v) is 1.32. The van der Waals surface area contributed by atoms with E-state index in [1.54, 1.807) is 0 Å². The third kappa shape index (κ3) is 3.22. The van der Waals surface area contributed by atoms with E-state index in [0.717, 1.165) is 6.92 Å². The molecule has 5 heteroatoms. The number of ketones is 1. The van der Waals surface area contributed by atoms with Crippen molar-refractivity contribution in [1.29, 1.82) is 0 Å². The number of amides is 2. The van der Waals surface area contributed by atoms with Crippen LogP contribution in [0.25, 0.3) is 0 Å². The van der Waals surface area contributed by atoms with Gasteiger partial charge in [-0.05, 0) is 0 Å². The lowest BCUT2D eigenvalue weighted by molar-refractivity contribution is -0.136. The molecule has 0 unspecified atom stereocenters. The fraction of sp³-hybridized carbons (Fsp3) is 0.250. The average Bonchev–Trinajstić information content (AvgIpc) is 1.63. The molecule has 0 bridgehead atoms. The number of carbonyl (C=O) groups is 3. The summed E-state index contributed by atoms with van der Waals surface area (Å²) in [6, 6.07) is 0. The Kier molecular flexibility index (Phi) is 2.37. The highest BCUT2D eigenvalue weighted by Crippen LogP contribution is 1.68. The molecular formula is C4H5NO4. The van der Waals surface area contributed by atoms with Gasteiger partial charge in [0.2, 0.25) is 5.78 Å². The molecule has 0 aliphatic rings. The maximum atomic E-state index is 10.1. The van der Waals surface area contributed by atoms with Gasteiger partial charge in [-0.15, -0.1) is 0 Å². The summed E-state index contributed by atoms with van der Waals surface area (Å²) in [5.41, 5.74) is 0. The highest BCUT2D eigenvalue weighted by atomic mass is 16.4. The van der Waals surface area contributed by atoms with Gasteiger partial charge in [-0.3, -0.25) is 14.9 Å². The van der Waals surface area contributed by atoms with E-state index in [1.165, 1.54) is 5.32 Å². The summed E-state index contributed by atoms with van der Waals surface area (Å²) in [5.74, 6) is -1.93. The maximum absolute atomic E-state index is 10.1. The van der Waals surface area contributed by atoms with Crippen LogP contribution in [0.5, 0.6) is 0 Å². The molecule has 0 heterocycles. The third-order valence-corrected chi connectivity index (χ3v) is 0.540. The third-order valence-electron chi connectivity index (χ3n) is 0.540. The first-order chi connectivity index (χ1) is 4.04. The summed E-state index contributed by atoms with van der Waals surface area (Å²) in [7, 11) is 0. The minimum absolute atomic E-state index is 0.822. The van der Waals surface area contributed by atoms with Crippen LogP contribution in [0.2, 0.25) is 0 Å². The lowest BCUT2D eigenvalue weighted by Crippen LogP contribution is -2.33. The molecule has 0 fully saturated rings. The molecule has 0 aliphatic heterocycles. The topological polar surface area (TPSA) is 83.5 Å². The molecule has 0 atom stereocenters. The predicted octanol–water partition coefficient (Wildman–Crippen LogP) is -0.630. The molecule has 0 aliphatic carbocycles. The van der Waals surface area contributed by atoms with E-state index >= 15 is 0 Å². The van der Waals surface area contributed by atoms with E-state index in [0.29, 0.717) is 0 Å². The number of rotatable bonds is 1. The van der Waals surface area contributed by atoms with Crippen molar-refractivity contribution < 1.29 is 19.5 Å². The monoisotopic (exact) mass is 131 g/mol. The van der Waals surface area contributed by atoms with E-state index < -0.39 is 17.8 Å². The van der Waals surface area contributed by atoms with Gasteiger partial charge in [-0.2, -0.15) is 0 Å². The van der Waals surface area contributed by atoms with Crippen LogP contribution in [-0.4, -0.2) is 22.9 Å². The zero-order valence-electron chi connectivity index (χ0n) is 4.67. The van der Waals surface area contributed by atoms with E-state index in [2.05, 4.69) is 0 Å². The van der Waals surface area contributed by atoms with Crippen molar-refractivity contribution in [1.82, 2.24) is 5.32 Å². The summed E-state index contributed by atoms with van der Waals surface area (Å²) in [6.07, 6.45) is -1.52. The molecule has 2 N–H and O–H groups in total. The molecule has 0 aromatic carbocycles. The fourth-order valence-corrected chi connectivity index (χ4v) is 0.185. The Hall–Kier alpha value is -1.39. The van der Waals surface area contributed by atoms with E-state index in [-0.39, 0.29) is 0 Å². The zero-order chi connectivity index (χ0) is 7.44. The number of imide groups is 1. The number of carboxylic acid groups (broad SMARTS) is 1. The van der Waals surface area contributed by atoms with Crippen molar-refractivity contribution in [2.45, 2.75) is 6.92 Å². The first kappa shape index (κ1) is 7.61. The van der Waals surface area contributed by atoms with Gasteiger partial charge in [0, 0.05) is 6.92 Å². The van der Waals surface area contributed by atoms with Gasteiger partial charge in [0.25, 0.3) is 5.91 Å². The average molecular weight is 131 g/mol. The van der Waals surface area contributed by atoms with Gasteiger partial charge in [0.05, 0.1) is 0 Å². The molecule has 0 saturated heterocycles. The lowest BCUT2D eigenvalue weighted by atomic mass is 10.4. The summed E-state index contributed by atoms with van der Waals surface area (Å²) in [5, 5.41) is 9.22. The molecule has 5 nitrogen and oxygen atoms in total. The summed E-state index contributed by atoms with van der Waals surface area (Å²) in [4.78, 5) is 29.7. The Labute approximate surface area is 50.7 Å². The normalized spacial score (nSPS) is 8.11. The Balaban J connectivity index is 3.79. The van der Waals surface area contributed by atoms with Crippen molar-refractivity contribution >= 4 is 17.8 Å². The first-order valence-electron chi connectivity index (χ1n) is 2.09. The van der Waals surface area contributed by atoms with E-state index in [1.807, 2.05) is 0 Å². The van der Waals surface area contributed by atoms with Gasteiger partial charge in [-0.25, -0.2) is 4.79 Å². The van der Waals surface area contributed by atoms with Crippen LogP contribution in [-0.2, 0) is 9.59 Å². The Morgan fingerprint density at radius 1 is 1.33 bits per heavy atom. The zero-order valence-corrected chi connectivity index (χ0v) is 4.67. The Morgan fingerprint density at radius 3 is 1.89 bits per heavy atom. The smallest absolute Gasteiger partial charge is 0.411 e. The van der Waals surface area contributed by atoms with Crippen molar-refractivity contribution in [3.8, 4) is 0 Å². The van der Waals surface area contributed by atoms with Crippen molar-refractivity contribution in [2.24, 2.45) is 0 Å². The van der Waals surface area contributed by atoms with Crippen LogP contribution in [0, 0.1) is 0 Å². The minimum Gasteiger partial charge on any atom is -0.465 e. The first-order valence-corrected chi connectivity index (χ1v) is 2.09. The molecule has 0 radical (unpaired) electrons. The quantitative estimate of drug-likeness (QED) is 0.464. The van der Waals surface area contributed by atoms with Crippen LogP contribution >= 0.6 is 0 Å². The molecule has 0 rings (SSSR count). The lowest BCUT2D eigenvalue weighted by Gasteiger charge is -1.90. The van der Waals surface area contributed by atoms with Crippen LogP contribution in [0.1, 0.15) is 6.92 Å². The number of hydrogen-bond donors (Lipinski definition) is 2. The fourth-order valence-electron chi connectivity index (χ4n) is 0.185. The van der Waals surface area contributed by atoms with Crippen LogP contribution in [0.3, 0.4) is 0 Å². The Bertz CT molecular complexity index is 162. The highest BCUT2D eigenvalue weighted by Gasteiger charge is 2.08. The molecule has 2 amide bonds. The van der Waals surface area contributed by atoms with Gasteiger partial charge in [-0.1, -0.05) is 0 Å². The second kappa shape index (κ2) is 2.81. The molecular weight excluding hydrogens is 126 g/mol. The van der Waals surface area contributed by atoms with Crippen LogP contribution < -0.4 is 5.32 Å². The van der Waals surface area contributed by atoms with Gasteiger partial charge < -0.3 is 5.11 Å². The summed E-state index contributed by atoms with van der Waals surface area (Å²) < 4.78 is 0. The van der Waals surface area contributed by atoms with Gasteiger partial charge >= 0.3 is 6.09 Å². The molecule has 0 spiro atoms. The van der Waals surface area contributed by atoms with Gasteiger partial charge in [0.1, 0.15) is 0 Å². The van der Waals surface area contributed by atoms with Crippen LogP contribution in [0.4, 0.5) is 4.79 Å². The standard InChI is InChI=1S/C4H5NO4/c1-2(6)3(7)5-4(8)9/h1H3,(H,5,7)(H,8,9). The minimum atomic E-state index is -1.52. The van der Waals surface area contributed by atoms with Crippen molar-refractivity contribution in [3.05, 3.63) is 0 Å². The number of nitrogens with one attached hydrogen (secondary N) is 1. The highest BCUT2D eigenvalue weighted by molar-refractivity contribution is 6.37. The number of Topliss-reactive ketones (excluding diaryl/α,β-unsaturated/α-hetero) is 1. The molecule has 9 heavy (non-hydrogen) atoms. The molecule has 50 valence electrons. The molecule has 0 aromatic rings. The summed E-state index contributed by atoms with van der Waals surface area (Å²) >= 11 is 0. The molecule has 0 aromatic heterocycles. The van der Waals surface area contributed by atoms with Crippen molar-refractivity contribution in [3.63, 3.8) is 0 Å². The number of hydrogen-bond acceptors (Lipinski definition) is 3. The largest absolute Gasteiger partial charge is 0.465 e. The van der Waals surface area contributed by atoms with Gasteiger partial charge in [0.15, 0.2) is 0 Å².